The van der Waals surface area contributed by atoms with Crippen LogP contribution in [0.15, 0.2) is 42.5 Å². The Labute approximate surface area is 156 Å². The molecule has 1 heterocycles. The average molecular weight is 398 g/mol. The van der Waals surface area contributed by atoms with Gasteiger partial charge in [0.15, 0.2) is 6.61 Å². The summed E-state index contributed by atoms with van der Waals surface area (Å²) in [6.07, 6.45) is 0. The molecule has 0 aliphatic heterocycles. The fraction of sp³-hybridized carbons (Fsp3) is 0.0588. The largest absolute Gasteiger partial charge is 0.451 e. The van der Waals surface area contributed by atoms with Crippen LogP contribution in [0.1, 0.15) is 9.67 Å². The van der Waals surface area contributed by atoms with E-state index in [2.05, 4.69) is 5.32 Å². The molecule has 0 spiro atoms. The van der Waals surface area contributed by atoms with Gasteiger partial charge in [0.05, 0.1) is 10.7 Å². The van der Waals surface area contributed by atoms with E-state index in [9.17, 15) is 14.0 Å². The van der Waals surface area contributed by atoms with Crippen molar-refractivity contribution >= 4 is 62.2 Å². The molecule has 0 unspecified atom stereocenters. The number of fused-ring (bicyclic) bond motifs is 1. The van der Waals surface area contributed by atoms with Crippen LogP contribution in [-0.4, -0.2) is 18.5 Å². The summed E-state index contributed by atoms with van der Waals surface area (Å²) in [5.41, 5.74) is 0.0121. The SMILES string of the molecule is O=C(COC(=O)c1sc2cc(Cl)ccc2c1Cl)Nc1ccccc1F. The van der Waals surface area contributed by atoms with Crippen molar-refractivity contribution in [1.29, 1.82) is 0 Å². The number of ether oxygens (including phenoxy) is 1. The lowest BCUT2D eigenvalue weighted by atomic mass is 10.2. The molecule has 0 fully saturated rings. The van der Waals surface area contributed by atoms with Gasteiger partial charge in [-0.25, -0.2) is 9.18 Å². The normalized spacial score (nSPS) is 10.7. The van der Waals surface area contributed by atoms with E-state index in [1.165, 1.54) is 18.2 Å². The zero-order chi connectivity index (χ0) is 18.0. The minimum Gasteiger partial charge on any atom is -0.451 e. The van der Waals surface area contributed by atoms with Gasteiger partial charge in [-0.3, -0.25) is 4.79 Å². The fourth-order valence-corrected chi connectivity index (χ4v) is 3.79. The number of hydrogen-bond donors (Lipinski definition) is 1. The van der Waals surface area contributed by atoms with Crippen LogP contribution in [0.5, 0.6) is 0 Å². The number of carbonyl (C=O) groups is 2. The number of thiophene rings is 1. The van der Waals surface area contributed by atoms with Gasteiger partial charge in [0.25, 0.3) is 5.91 Å². The van der Waals surface area contributed by atoms with E-state index in [-0.39, 0.29) is 15.6 Å². The molecule has 0 saturated heterocycles. The minimum absolute atomic E-state index is 0.0121. The zero-order valence-electron chi connectivity index (χ0n) is 12.5. The maximum atomic E-state index is 13.5. The molecule has 25 heavy (non-hydrogen) atoms. The van der Waals surface area contributed by atoms with Crippen LogP contribution in [0, 0.1) is 5.82 Å². The van der Waals surface area contributed by atoms with E-state index in [0.29, 0.717) is 10.4 Å². The third kappa shape index (κ3) is 3.92. The Morgan fingerprint density at radius 1 is 1.16 bits per heavy atom. The van der Waals surface area contributed by atoms with Crippen LogP contribution in [0.4, 0.5) is 10.1 Å². The molecule has 1 aromatic heterocycles. The highest BCUT2D eigenvalue weighted by atomic mass is 35.5. The van der Waals surface area contributed by atoms with Crippen LogP contribution in [0.25, 0.3) is 10.1 Å². The summed E-state index contributed by atoms with van der Waals surface area (Å²) in [5.74, 6) is -1.96. The second-order valence-electron chi connectivity index (χ2n) is 4.99. The van der Waals surface area contributed by atoms with Gasteiger partial charge < -0.3 is 10.1 Å². The van der Waals surface area contributed by atoms with Crippen molar-refractivity contribution in [2.24, 2.45) is 0 Å². The molecule has 0 aliphatic rings. The first-order valence-electron chi connectivity index (χ1n) is 7.05. The summed E-state index contributed by atoms with van der Waals surface area (Å²) in [6.45, 7) is -0.557. The summed E-state index contributed by atoms with van der Waals surface area (Å²) in [7, 11) is 0. The maximum absolute atomic E-state index is 13.5. The Bertz CT molecular complexity index is 974. The van der Waals surface area contributed by atoms with Crippen molar-refractivity contribution in [1.82, 2.24) is 0 Å². The monoisotopic (exact) mass is 397 g/mol. The van der Waals surface area contributed by atoms with E-state index in [1.807, 2.05) is 0 Å². The van der Waals surface area contributed by atoms with Crippen LogP contribution in [0.3, 0.4) is 0 Å². The molecule has 1 N–H and O–H groups in total. The van der Waals surface area contributed by atoms with E-state index in [0.717, 1.165) is 16.0 Å². The highest BCUT2D eigenvalue weighted by Gasteiger charge is 2.20. The third-order valence-electron chi connectivity index (χ3n) is 3.26. The van der Waals surface area contributed by atoms with Crippen LogP contribution < -0.4 is 5.32 Å². The lowest BCUT2D eigenvalue weighted by molar-refractivity contribution is -0.119. The molecule has 0 atom stereocenters. The minimum atomic E-state index is -0.731. The zero-order valence-corrected chi connectivity index (χ0v) is 14.8. The van der Waals surface area contributed by atoms with E-state index >= 15 is 0 Å². The molecule has 4 nitrogen and oxygen atoms in total. The number of hydrogen-bond acceptors (Lipinski definition) is 4. The number of benzene rings is 2. The molecular formula is C17H10Cl2FNO3S. The highest BCUT2D eigenvalue weighted by molar-refractivity contribution is 7.21. The van der Waals surface area contributed by atoms with Gasteiger partial charge in [-0.2, -0.15) is 0 Å². The lowest BCUT2D eigenvalue weighted by Crippen LogP contribution is -2.21. The van der Waals surface area contributed by atoms with Crippen molar-refractivity contribution in [3.63, 3.8) is 0 Å². The Morgan fingerprint density at radius 2 is 1.92 bits per heavy atom. The van der Waals surface area contributed by atoms with Crippen LogP contribution in [0.2, 0.25) is 10.0 Å². The molecule has 0 saturated carbocycles. The van der Waals surface area contributed by atoms with Crippen molar-refractivity contribution < 1.29 is 18.7 Å². The van der Waals surface area contributed by atoms with Gasteiger partial charge in [-0.05, 0) is 24.3 Å². The number of esters is 1. The van der Waals surface area contributed by atoms with Crippen LogP contribution in [-0.2, 0) is 9.53 Å². The van der Waals surface area contributed by atoms with Gasteiger partial charge in [-0.1, -0.05) is 41.4 Å². The smallest absolute Gasteiger partial charge is 0.350 e. The Balaban J connectivity index is 1.67. The van der Waals surface area contributed by atoms with E-state index in [1.54, 1.807) is 24.3 Å². The second-order valence-corrected chi connectivity index (χ2v) is 6.86. The number of carbonyl (C=O) groups excluding carboxylic acids is 2. The summed E-state index contributed by atoms with van der Waals surface area (Å²) < 4.78 is 19.2. The summed E-state index contributed by atoms with van der Waals surface area (Å²) >= 11 is 13.2. The predicted octanol–water partition coefficient (Wildman–Crippen LogP) is 5.14. The molecule has 0 radical (unpaired) electrons. The van der Waals surface area contributed by atoms with Gasteiger partial charge in [0.2, 0.25) is 0 Å². The molecule has 0 bridgehead atoms. The first kappa shape index (κ1) is 17.7. The van der Waals surface area contributed by atoms with Gasteiger partial charge >= 0.3 is 5.97 Å². The standard InChI is InChI=1S/C17H10Cl2FNO3S/c18-9-5-6-10-13(7-9)25-16(15(10)19)17(23)24-8-14(22)21-12-4-2-1-3-11(12)20/h1-7H,8H2,(H,21,22). The molecule has 3 aromatic rings. The van der Waals surface area contributed by atoms with Gasteiger partial charge in [0.1, 0.15) is 10.7 Å². The van der Waals surface area contributed by atoms with Crippen molar-refractivity contribution in [3.05, 3.63) is 63.2 Å². The third-order valence-corrected chi connectivity index (χ3v) is 5.13. The van der Waals surface area contributed by atoms with Gasteiger partial charge in [0, 0.05) is 15.1 Å². The second kappa shape index (κ2) is 7.39. The van der Waals surface area contributed by atoms with Crippen molar-refractivity contribution in [2.75, 3.05) is 11.9 Å². The van der Waals surface area contributed by atoms with Crippen LogP contribution >= 0.6 is 34.5 Å². The Morgan fingerprint density at radius 3 is 2.68 bits per heavy atom. The molecule has 8 heteroatoms. The molecule has 3 rings (SSSR count). The summed E-state index contributed by atoms with van der Waals surface area (Å²) in [5, 5.41) is 3.78. The first-order chi connectivity index (χ1) is 12.0. The molecule has 2 aromatic carbocycles. The quantitative estimate of drug-likeness (QED) is 0.619. The van der Waals surface area contributed by atoms with Gasteiger partial charge in [-0.15, -0.1) is 11.3 Å². The average Bonchev–Trinajstić information content (AvgIpc) is 2.91. The molecule has 1 amide bonds. The topological polar surface area (TPSA) is 55.4 Å². The number of amides is 1. The Kier molecular flexibility index (Phi) is 5.22. The van der Waals surface area contributed by atoms with Crippen molar-refractivity contribution in [2.45, 2.75) is 0 Å². The number of halogens is 3. The molecule has 0 aliphatic carbocycles. The first-order valence-corrected chi connectivity index (χ1v) is 8.62. The van der Waals surface area contributed by atoms with E-state index < -0.39 is 24.3 Å². The maximum Gasteiger partial charge on any atom is 0.350 e. The lowest BCUT2D eigenvalue weighted by Gasteiger charge is -2.06. The molecule has 128 valence electrons. The number of anilines is 1. The van der Waals surface area contributed by atoms with E-state index in [4.69, 9.17) is 27.9 Å². The van der Waals surface area contributed by atoms with Crippen molar-refractivity contribution in [3.8, 4) is 0 Å². The number of para-hydroxylation sites is 1. The number of rotatable bonds is 4. The predicted molar refractivity (Wildman–Crippen MR) is 97.2 cm³/mol. The summed E-state index contributed by atoms with van der Waals surface area (Å²) in [4.78, 5) is 24.1. The summed E-state index contributed by atoms with van der Waals surface area (Å²) in [6, 6.07) is 10.8. The number of nitrogens with one attached hydrogen (secondary N) is 1. The highest BCUT2D eigenvalue weighted by Crippen LogP contribution is 2.37. The Hall–Kier alpha value is -2.15. The fourth-order valence-electron chi connectivity index (χ4n) is 2.12. The molecular weight excluding hydrogens is 388 g/mol.